The van der Waals surface area contributed by atoms with Gasteiger partial charge in [0.05, 0.1) is 12.0 Å². The summed E-state index contributed by atoms with van der Waals surface area (Å²) in [5, 5.41) is 12.5. The molecule has 0 aromatic heterocycles. The fraction of sp³-hybridized carbons (Fsp3) is 0.500. The number of benzene rings is 1. The van der Waals surface area contributed by atoms with Crippen LogP contribution in [-0.4, -0.2) is 28.9 Å². The molecule has 3 atom stereocenters. The van der Waals surface area contributed by atoms with E-state index in [1.807, 2.05) is 25.1 Å². The van der Waals surface area contributed by atoms with Gasteiger partial charge in [-0.3, -0.25) is 9.59 Å². The number of hydrogen-bond donors (Lipinski definition) is 2. The summed E-state index contributed by atoms with van der Waals surface area (Å²) in [5.74, 6) is -0.432. The van der Waals surface area contributed by atoms with Crippen molar-refractivity contribution in [3.63, 3.8) is 0 Å². The average molecular weight is 275 g/mol. The molecule has 3 unspecified atom stereocenters. The Morgan fingerprint density at radius 3 is 2.60 bits per heavy atom. The lowest BCUT2D eigenvalue weighted by atomic mass is 10.0. The van der Waals surface area contributed by atoms with Crippen molar-refractivity contribution in [1.29, 1.82) is 0 Å². The highest BCUT2D eigenvalue weighted by Gasteiger charge is 2.32. The Morgan fingerprint density at radius 1 is 1.30 bits per heavy atom. The van der Waals surface area contributed by atoms with E-state index in [-0.39, 0.29) is 30.1 Å². The minimum absolute atomic E-state index is 0.0189. The van der Waals surface area contributed by atoms with E-state index in [1.54, 1.807) is 12.1 Å². The summed E-state index contributed by atoms with van der Waals surface area (Å²) in [7, 11) is 0. The summed E-state index contributed by atoms with van der Waals surface area (Å²) in [6, 6.07) is 8.85. The van der Waals surface area contributed by atoms with Gasteiger partial charge in [0, 0.05) is 18.0 Å². The van der Waals surface area contributed by atoms with Crippen molar-refractivity contribution in [1.82, 2.24) is 5.32 Å². The van der Waals surface area contributed by atoms with Gasteiger partial charge >= 0.3 is 0 Å². The number of hydrogen-bond acceptors (Lipinski definition) is 3. The third-order valence-corrected chi connectivity index (χ3v) is 3.79. The molecule has 1 saturated carbocycles. The second-order valence-electron chi connectivity index (χ2n) is 5.51. The van der Waals surface area contributed by atoms with Crippen molar-refractivity contribution in [3.8, 4) is 0 Å². The largest absolute Gasteiger partial charge is 0.392 e. The van der Waals surface area contributed by atoms with Gasteiger partial charge in [-0.15, -0.1) is 0 Å². The molecule has 4 heteroatoms. The van der Waals surface area contributed by atoms with E-state index >= 15 is 0 Å². The van der Waals surface area contributed by atoms with Gasteiger partial charge in [-0.05, 0) is 26.2 Å². The van der Waals surface area contributed by atoms with Gasteiger partial charge in [0.2, 0.25) is 5.91 Å². The number of aliphatic hydroxyl groups excluding tert-OH is 1. The SMILES string of the molecule is CC(CC(=O)c1ccccc1)NC(=O)C1CCCC1O. The molecular weight excluding hydrogens is 254 g/mol. The van der Waals surface area contributed by atoms with Crippen LogP contribution in [-0.2, 0) is 4.79 Å². The first-order chi connectivity index (χ1) is 9.58. The van der Waals surface area contributed by atoms with Gasteiger partial charge in [-0.1, -0.05) is 30.3 Å². The van der Waals surface area contributed by atoms with Crippen LogP contribution in [0.3, 0.4) is 0 Å². The maximum absolute atomic E-state index is 12.0. The Labute approximate surface area is 119 Å². The van der Waals surface area contributed by atoms with Crippen LogP contribution >= 0.6 is 0 Å². The maximum atomic E-state index is 12.0. The van der Waals surface area contributed by atoms with Crippen LogP contribution in [0.15, 0.2) is 30.3 Å². The Hall–Kier alpha value is -1.68. The van der Waals surface area contributed by atoms with Crippen LogP contribution in [0.25, 0.3) is 0 Å². The standard InChI is InChI=1S/C16H21NO3/c1-11(10-15(19)12-6-3-2-4-7-12)17-16(20)13-8-5-9-14(13)18/h2-4,6-7,11,13-14,18H,5,8-10H2,1H3,(H,17,20). The molecule has 0 heterocycles. The summed E-state index contributed by atoms with van der Waals surface area (Å²) in [6.07, 6.45) is 2.05. The van der Waals surface area contributed by atoms with Crippen LogP contribution in [0.2, 0.25) is 0 Å². The zero-order valence-electron chi connectivity index (χ0n) is 11.7. The van der Waals surface area contributed by atoms with Gasteiger partial charge in [0.25, 0.3) is 0 Å². The molecule has 1 aliphatic rings. The van der Waals surface area contributed by atoms with Crippen LogP contribution in [0.4, 0.5) is 0 Å². The zero-order chi connectivity index (χ0) is 14.5. The molecule has 0 spiro atoms. The molecule has 108 valence electrons. The lowest BCUT2D eigenvalue weighted by Crippen LogP contribution is -2.40. The highest BCUT2D eigenvalue weighted by atomic mass is 16.3. The minimum Gasteiger partial charge on any atom is -0.392 e. The molecule has 2 N–H and O–H groups in total. The van der Waals surface area contributed by atoms with Crippen molar-refractivity contribution >= 4 is 11.7 Å². The Balaban J connectivity index is 1.85. The number of nitrogens with one attached hydrogen (secondary N) is 1. The number of amides is 1. The Kier molecular flexibility index (Phi) is 4.90. The number of Topliss-reactive ketones (excluding diaryl/α,β-unsaturated/α-hetero) is 1. The molecule has 0 aliphatic heterocycles. The predicted octanol–water partition coefficient (Wildman–Crippen LogP) is 1.93. The molecule has 1 aliphatic carbocycles. The van der Waals surface area contributed by atoms with E-state index in [0.717, 1.165) is 12.8 Å². The molecule has 20 heavy (non-hydrogen) atoms. The topological polar surface area (TPSA) is 66.4 Å². The lowest BCUT2D eigenvalue weighted by molar-refractivity contribution is -0.128. The smallest absolute Gasteiger partial charge is 0.225 e. The van der Waals surface area contributed by atoms with Crippen molar-refractivity contribution in [2.45, 2.75) is 44.8 Å². The van der Waals surface area contributed by atoms with Gasteiger partial charge in [0.1, 0.15) is 0 Å². The number of aliphatic hydroxyl groups is 1. The van der Waals surface area contributed by atoms with E-state index in [0.29, 0.717) is 12.0 Å². The van der Waals surface area contributed by atoms with Crippen molar-refractivity contribution in [3.05, 3.63) is 35.9 Å². The number of rotatable bonds is 5. The van der Waals surface area contributed by atoms with E-state index in [4.69, 9.17) is 0 Å². The monoisotopic (exact) mass is 275 g/mol. The second kappa shape index (κ2) is 6.66. The summed E-state index contributed by atoms with van der Waals surface area (Å²) < 4.78 is 0. The highest BCUT2D eigenvalue weighted by molar-refractivity contribution is 5.96. The number of carbonyl (C=O) groups excluding carboxylic acids is 2. The third kappa shape index (κ3) is 3.67. The minimum atomic E-state index is -0.535. The zero-order valence-corrected chi connectivity index (χ0v) is 11.7. The van der Waals surface area contributed by atoms with E-state index < -0.39 is 6.10 Å². The molecule has 0 bridgehead atoms. The third-order valence-electron chi connectivity index (χ3n) is 3.79. The van der Waals surface area contributed by atoms with Gasteiger partial charge in [-0.2, -0.15) is 0 Å². The molecule has 1 aromatic carbocycles. The van der Waals surface area contributed by atoms with E-state index in [9.17, 15) is 14.7 Å². The molecule has 1 amide bonds. The van der Waals surface area contributed by atoms with Gasteiger partial charge in [0.15, 0.2) is 5.78 Å². The van der Waals surface area contributed by atoms with Crippen LogP contribution in [0, 0.1) is 5.92 Å². The molecule has 2 rings (SSSR count). The summed E-state index contributed by atoms with van der Waals surface area (Å²) in [6.45, 7) is 1.82. The molecule has 1 fully saturated rings. The number of ketones is 1. The first-order valence-corrected chi connectivity index (χ1v) is 7.14. The molecule has 0 saturated heterocycles. The molecular formula is C16H21NO3. The Bertz CT molecular complexity index is 472. The van der Waals surface area contributed by atoms with E-state index in [2.05, 4.69) is 5.32 Å². The summed E-state index contributed by atoms with van der Waals surface area (Å²) in [5.41, 5.74) is 0.662. The lowest BCUT2D eigenvalue weighted by Gasteiger charge is -2.18. The van der Waals surface area contributed by atoms with Crippen molar-refractivity contribution in [2.24, 2.45) is 5.92 Å². The normalized spacial score (nSPS) is 23.3. The van der Waals surface area contributed by atoms with Crippen LogP contribution < -0.4 is 5.32 Å². The second-order valence-corrected chi connectivity index (χ2v) is 5.51. The molecule has 1 aromatic rings. The average Bonchev–Trinajstić information content (AvgIpc) is 2.86. The van der Waals surface area contributed by atoms with Crippen molar-refractivity contribution < 1.29 is 14.7 Å². The fourth-order valence-electron chi connectivity index (χ4n) is 2.67. The van der Waals surface area contributed by atoms with E-state index in [1.165, 1.54) is 0 Å². The number of carbonyl (C=O) groups is 2. The van der Waals surface area contributed by atoms with Crippen LogP contribution in [0.5, 0.6) is 0 Å². The first kappa shape index (κ1) is 14.7. The van der Waals surface area contributed by atoms with Crippen molar-refractivity contribution in [2.75, 3.05) is 0 Å². The quantitative estimate of drug-likeness (QED) is 0.807. The summed E-state index contributed by atoms with van der Waals surface area (Å²) >= 11 is 0. The molecule has 4 nitrogen and oxygen atoms in total. The highest BCUT2D eigenvalue weighted by Crippen LogP contribution is 2.25. The van der Waals surface area contributed by atoms with Gasteiger partial charge < -0.3 is 10.4 Å². The molecule has 0 radical (unpaired) electrons. The Morgan fingerprint density at radius 2 is 2.00 bits per heavy atom. The summed E-state index contributed by atoms with van der Waals surface area (Å²) in [4.78, 5) is 24.0. The van der Waals surface area contributed by atoms with Gasteiger partial charge in [-0.25, -0.2) is 0 Å². The fourth-order valence-corrected chi connectivity index (χ4v) is 2.67. The first-order valence-electron chi connectivity index (χ1n) is 7.14. The van der Waals surface area contributed by atoms with Crippen LogP contribution in [0.1, 0.15) is 43.0 Å². The predicted molar refractivity (Wildman–Crippen MR) is 76.3 cm³/mol. The maximum Gasteiger partial charge on any atom is 0.225 e.